The molecular weight excluding hydrogens is 307 g/mol. The monoisotopic (exact) mass is 326 g/mol. The number of Topliss-reactive ketones (excluding diaryl/α,β-unsaturated/α-hetero) is 1. The highest BCUT2D eigenvalue weighted by atomic mass is 16.5. The van der Waals surface area contributed by atoms with Gasteiger partial charge in [0.05, 0.1) is 19.8 Å². The maximum atomic E-state index is 12.6. The minimum Gasteiger partial charge on any atom is -0.497 e. The fourth-order valence-electron chi connectivity index (χ4n) is 2.89. The number of carbonyl (C=O) groups excluding carboxylic acids is 1. The van der Waals surface area contributed by atoms with Gasteiger partial charge < -0.3 is 19.2 Å². The van der Waals surface area contributed by atoms with Crippen molar-refractivity contribution >= 4 is 18.4 Å². The number of hydrogen-bond donors (Lipinski definition) is 1. The molecule has 1 aliphatic heterocycles. The van der Waals surface area contributed by atoms with Crippen LogP contribution in [0.5, 0.6) is 11.5 Å². The van der Waals surface area contributed by atoms with Crippen LogP contribution in [-0.4, -0.2) is 38.8 Å². The molecule has 0 amide bonds. The van der Waals surface area contributed by atoms with E-state index in [1.165, 1.54) is 7.11 Å². The summed E-state index contributed by atoms with van der Waals surface area (Å²) < 4.78 is 15.7. The van der Waals surface area contributed by atoms with Gasteiger partial charge in [-0.3, -0.25) is 4.79 Å². The van der Waals surface area contributed by atoms with E-state index in [4.69, 9.17) is 14.1 Å². The maximum Gasteiger partial charge on any atom is 0.491 e. The van der Waals surface area contributed by atoms with Gasteiger partial charge in [0.25, 0.3) is 0 Å². The molecule has 0 unspecified atom stereocenters. The van der Waals surface area contributed by atoms with Crippen molar-refractivity contribution in [2.75, 3.05) is 20.8 Å². The van der Waals surface area contributed by atoms with E-state index >= 15 is 0 Å². The van der Waals surface area contributed by atoms with E-state index in [0.29, 0.717) is 23.7 Å². The van der Waals surface area contributed by atoms with Crippen LogP contribution < -0.4 is 14.9 Å². The Kier molecular flexibility index (Phi) is 4.88. The Morgan fingerprint density at radius 2 is 2.04 bits per heavy atom. The summed E-state index contributed by atoms with van der Waals surface area (Å²) in [5.74, 6) is 1.07. The third-order valence-electron chi connectivity index (χ3n) is 4.20. The number of ether oxygens (including phenoxy) is 2. The molecule has 2 aromatic carbocycles. The standard InChI is InChI=1S/C18H19BO5/c1-22-14-5-6-15(18(11-14)23-2)17(20)10-12-3-4-13-7-8-24-19(21)16(13)9-12/h3-6,9,11,21H,7-8,10H2,1-2H3. The number of fused-ring (bicyclic) bond motifs is 1. The highest BCUT2D eigenvalue weighted by molar-refractivity contribution is 6.60. The molecule has 1 aliphatic rings. The van der Waals surface area contributed by atoms with Crippen molar-refractivity contribution in [1.29, 1.82) is 0 Å². The molecule has 0 atom stereocenters. The van der Waals surface area contributed by atoms with Crippen LogP contribution in [0.15, 0.2) is 36.4 Å². The lowest BCUT2D eigenvalue weighted by atomic mass is 9.73. The molecule has 3 rings (SSSR count). The summed E-state index contributed by atoms with van der Waals surface area (Å²) >= 11 is 0. The first-order valence-electron chi connectivity index (χ1n) is 7.79. The van der Waals surface area contributed by atoms with Crippen LogP contribution in [0.25, 0.3) is 0 Å². The van der Waals surface area contributed by atoms with Gasteiger partial charge in [0.2, 0.25) is 0 Å². The zero-order chi connectivity index (χ0) is 17.1. The fourth-order valence-corrected chi connectivity index (χ4v) is 2.89. The molecule has 0 saturated carbocycles. The molecule has 6 heteroatoms. The van der Waals surface area contributed by atoms with E-state index in [-0.39, 0.29) is 12.2 Å². The van der Waals surface area contributed by atoms with Crippen molar-refractivity contribution in [3.8, 4) is 11.5 Å². The minimum absolute atomic E-state index is 0.0549. The van der Waals surface area contributed by atoms with Crippen molar-refractivity contribution in [2.45, 2.75) is 12.8 Å². The first kappa shape index (κ1) is 16.5. The molecule has 124 valence electrons. The molecule has 1 heterocycles. The lowest BCUT2D eigenvalue weighted by Gasteiger charge is -2.19. The minimum atomic E-state index is -0.917. The van der Waals surface area contributed by atoms with Crippen LogP contribution in [0.3, 0.4) is 0 Å². The van der Waals surface area contributed by atoms with E-state index in [0.717, 1.165) is 23.0 Å². The third-order valence-corrected chi connectivity index (χ3v) is 4.20. The van der Waals surface area contributed by atoms with Gasteiger partial charge in [-0.15, -0.1) is 0 Å². The highest BCUT2D eigenvalue weighted by Gasteiger charge is 2.25. The molecule has 0 aliphatic carbocycles. The summed E-state index contributed by atoms with van der Waals surface area (Å²) in [5, 5.41) is 9.94. The molecule has 0 bridgehead atoms. The smallest absolute Gasteiger partial charge is 0.491 e. The quantitative estimate of drug-likeness (QED) is 0.664. The van der Waals surface area contributed by atoms with Gasteiger partial charge in [-0.25, -0.2) is 0 Å². The number of rotatable bonds is 5. The number of carbonyl (C=O) groups is 1. The van der Waals surface area contributed by atoms with Gasteiger partial charge in [-0.2, -0.15) is 0 Å². The Morgan fingerprint density at radius 3 is 2.79 bits per heavy atom. The maximum absolute atomic E-state index is 12.6. The predicted octanol–water partition coefficient (Wildman–Crippen LogP) is 1.39. The third kappa shape index (κ3) is 3.30. The second kappa shape index (κ2) is 7.07. The molecule has 0 aromatic heterocycles. The molecule has 0 saturated heterocycles. The van der Waals surface area contributed by atoms with Gasteiger partial charge in [0.15, 0.2) is 5.78 Å². The number of hydrogen-bond acceptors (Lipinski definition) is 5. The van der Waals surface area contributed by atoms with E-state index in [1.54, 1.807) is 25.3 Å². The average molecular weight is 326 g/mol. The molecule has 1 N–H and O–H groups in total. The molecule has 0 spiro atoms. The van der Waals surface area contributed by atoms with E-state index in [9.17, 15) is 9.82 Å². The van der Waals surface area contributed by atoms with Crippen LogP contribution in [0.1, 0.15) is 21.5 Å². The van der Waals surface area contributed by atoms with Crippen LogP contribution in [0.4, 0.5) is 0 Å². The molecule has 0 fully saturated rings. The molecule has 24 heavy (non-hydrogen) atoms. The Morgan fingerprint density at radius 1 is 1.21 bits per heavy atom. The van der Waals surface area contributed by atoms with E-state index in [1.807, 2.05) is 18.2 Å². The Hall–Kier alpha value is -2.31. The summed E-state index contributed by atoms with van der Waals surface area (Å²) in [6.07, 6.45) is 0.996. The Bertz CT molecular complexity index is 759. The fraction of sp³-hybridized carbons (Fsp3) is 0.278. The second-order valence-electron chi connectivity index (χ2n) is 5.67. The average Bonchev–Trinajstić information content (AvgIpc) is 2.61. The van der Waals surface area contributed by atoms with Crippen LogP contribution in [-0.2, 0) is 17.5 Å². The van der Waals surface area contributed by atoms with Crippen LogP contribution >= 0.6 is 0 Å². The van der Waals surface area contributed by atoms with Crippen LogP contribution in [0, 0.1) is 0 Å². The van der Waals surface area contributed by atoms with Crippen LogP contribution in [0.2, 0.25) is 0 Å². The normalized spacial score (nSPS) is 13.4. The van der Waals surface area contributed by atoms with Gasteiger partial charge in [0.1, 0.15) is 11.5 Å². The predicted molar refractivity (Wildman–Crippen MR) is 91.3 cm³/mol. The second-order valence-corrected chi connectivity index (χ2v) is 5.67. The van der Waals surface area contributed by atoms with Gasteiger partial charge in [-0.05, 0) is 35.1 Å². The highest BCUT2D eigenvalue weighted by Crippen LogP contribution is 2.26. The zero-order valence-corrected chi connectivity index (χ0v) is 13.7. The van der Waals surface area contributed by atoms with Gasteiger partial charge in [0, 0.05) is 19.1 Å². The summed E-state index contributed by atoms with van der Waals surface area (Å²) in [4.78, 5) is 12.6. The number of ketones is 1. The summed E-state index contributed by atoms with van der Waals surface area (Å²) in [6.45, 7) is 0.509. The summed E-state index contributed by atoms with van der Waals surface area (Å²) in [5.41, 5.74) is 3.15. The lowest BCUT2D eigenvalue weighted by Crippen LogP contribution is -2.41. The SMILES string of the molecule is COc1ccc(C(=O)Cc2ccc3c(c2)B(O)OCC3)c(OC)c1. The first-order valence-corrected chi connectivity index (χ1v) is 7.79. The summed E-state index contributed by atoms with van der Waals surface area (Å²) in [6, 6.07) is 10.8. The summed E-state index contributed by atoms with van der Waals surface area (Å²) in [7, 11) is 2.17. The Labute approximate surface area is 141 Å². The number of methoxy groups -OCH3 is 2. The van der Waals surface area contributed by atoms with Crippen molar-refractivity contribution in [1.82, 2.24) is 0 Å². The Balaban J connectivity index is 1.84. The van der Waals surface area contributed by atoms with Crippen molar-refractivity contribution < 1.29 is 23.9 Å². The van der Waals surface area contributed by atoms with Gasteiger partial charge >= 0.3 is 7.12 Å². The molecule has 2 aromatic rings. The number of benzene rings is 2. The largest absolute Gasteiger partial charge is 0.497 e. The van der Waals surface area contributed by atoms with E-state index < -0.39 is 7.12 Å². The topological polar surface area (TPSA) is 65.0 Å². The van der Waals surface area contributed by atoms with Crippen molar-refractivity contribution in [3.05, 3.63) is 53.1 Å². The lowest BCUT2D eigenvalue weighted by molar-refractivity contribution is 0.0990. The molecule has 0 radical (unpaired) electrons. The van der Waals surface area contributed by atoms with Crippen molar-refractivity contribution in [3.63, 3.8) is 0 Å². The van der Waals surface area contributed by atoms with E-state index in [2.05, 4.69) is 0 Å². The first-order chi connectivity index (χ1) is 11.6. The molecule has 5 nitrogen and oxygen atoms in total. The van der Waals surface area contributed by atoms with Gasteiger partial charge in [-0.1, -0.05) is 18.2 Å². The zero-order valence-electron chi connectivity index (χ0n) is 13.7. The van der Waals surface area contributed by atoms with Crippen molar-refractivity contribution in [2.24, 2.45) is 0 Å². The molecular formula is C18H19BO5.